The number of hydrogen-bond donors (Lipinski definition) is 2. The molecule has 21 heavy (non-hydrogen) atoms. The summed E-state index contributed by atoms with van der Waals surface area (Å²) >= 11 is 0. The molecule has 0 aliphatic carbocycles. The summed E-state index contributed by atoms with van der Waals surface area (Å²) in [6.07, 6.45) is 1.74. The molecular weight excluding hydrogens is 266 g/mol. The van der Waals surface area contributed by atoms with Gasteiger partial charge in [-0.1, -0.05) is 6.07 Å². The zero-order valence-electron chi connectivity index (χ0n) is 12.6. The first-order chi connectivity index (χ1) is 9.92. The number of hydrogen-bond acceptors (Lipinski definition) is 4. The molecule has 0 saturated heterocycles. The van der Waals surface area contributed by atoms with Gasteiger partial charge in [-0.05, 0) is 45.0 Å². The molecule has 0 fully saturated rings. The van der Waals surface area contributed by atoms with Crippen LogP contribution >= 0.6 is 0 Å². The lowest BCUT2D eigenvalue weighted by molar-refractivity contribution is -0.125. The fourth-order valence-electron chi connectivity index (χ4n) is 2.24. The van der Waals surface area contributed by atoms with Crippen molar-refractivity contribution in [3.05, 3.63) is 36.5 Å². The highest BCUT2D eigenvalue weighted by molar-refractivity contribution is 5.86. The fraction of sp³-hybridized carbons (Fsp3) is 0.375. The number of primary amides is 1. The minimum absolute atomic E-state index is 0.125. The summed E-state index contributed by atoms with van der Waals surface area (Å²) in [5.74, 6) is 0.258. The van der Waals surface area contributed by atoms with E-state index in [1.165, 1.54) is 0 Å². The lowest BCUT2D eigenvalue weighted by Gasteiger charge is -2.29. The Morgan fingerprint density at radius 2 is 2.14 bits per heavy atom. The maximum Gasteiger partial charge on any atom is 0.240 e. The predicted octanol–water partition coefficient (Wildman–Crippen LogP) is 1.86. The van der Waals surface area contributed by atoms with Crippen molar-refractivity contribution in [2.75, 3.05) is 6.61 Å². The van der Waals surface area contributed by atoms with E-state index in [4.69, 9.17) is 10.5 Å². The molecule has 5 heteroatoms. The van der Waals surface area contributed by atoms with Gasteiger partial charge in [0.05, 0.1) is 5.52 Å². The molecule has 1 heterocycles. The van der Waals surface area contributed by atoms with E-state index in [0.717, 1.165) is 10.9 Å². The van der Waals surface area contributed by atoms with Crippen molar-refractivity contribution < 1.29 is 9.53 Å². The number of carbonyl (C=O) groups excluding carboxylic acids is 1. The van der Waals surface area contributed by atoms with E-state index >= 15 is 0 Å². The second-order valence-electron chi connectivity index (χ2n) is 5.61. The number of nitrogens with one attached hydrogen (secondary N) is 1. The molecular formula is C16H21N3O2. The average molecular weight is 287 g/mol. The Morgan fingerprint density at radius 1 is 1.38 bits per heavy atom. The first-order valence-corrected chi connectivity index (χ1v) is 6.96. The minimum atomic E-state index is -0.918. The van der Waals surface area contributed by atoms with Gasteiger partial charge in [-0.15, -0.1) is 0 Å². The number of carbonyl (C=O) groups is 1. The Morgan fingerprint density at radius 3 is 2.81 bits per heavy atom. The standard InChI is InChI=1S/C16H21N3O2/c1-11(2)19-16(3,15(17)20)10-21-14-8-4-7-13-12(14)6-5-9-18-13/h4-9,11,19H,10H2,1-3H3,(H2,17,20). The second-order valence-corrected chi connectivity index (χ2v) is 5.61. The highest BCUT2D eigenvalue weighted by Gasteiger charge is 2.32. The second kappa shape index (κ2) is 6.10. The summed E-state index contributed by atoms with van der Waals surface area (Å²) in [6.45, 7) is 5.83. The zero-order valence-corrected chi connectivity index (χ0v) is 12.6. The van der Waals surface area contributed by atoms with Crippen molar-refractivity contribution in [2.45, 2.75) is 32.4 Å². The first kappa shape index (κ1) is 15.3. The van der Waals surface area contributed by atoms with Gasteiger partial charge in [-0.3, -0.25) is 15.1 Å². The quantitative estimate of drug-likeness (QED) is 0.850. The lowest BCUT2D eigenvalue weighted by Crippen LogP contribution is -2.59. The predicted molar refractivity (Wildman–Crippen MR) is 83.1 cm³/mol. The van der Waals surface area contributed by atoms with Crippen LogP contribution in [0.3, 0.4) is 0 Å². The van der Waals surface area contributed by atoms with Crippen molar-refractivity contribution in [3.8, 4) is 5.75 Å². The van der Waals surface area contributed by atoms with Gasteiger partial charge in [0.2, 0.25) is 5.91 Å². The van der Waals surface area contributed by atoms with Crippen molar-refractivity contribution >= 4 is 16.8 Å². The molecule has 1 aromatic carbocycles. The summed E-state index contributed by atoms with van der Waals surface area (Å²) in [7, 11) is 0. The first-order valence-electron chi connectivity index (χ1n) is 6.96. The van der Waals surface area contributed by atoms with Crippen LogP contribution in [0.15, 0.2) is 36.5 Å². The number of benzene rings is 1. The van der Waals surface area contributed by atoms with Crippen molar-refractivity contribution in [1.82, 2.24) is 10.3 Å². The maximum absolute atomic E-state index is 11.7. The van der Waals surface area contributed by atoms with Crippen LogP contribution in [0.5, 0.6) is 5.75 Å². The van der Waals surface area contributed by atoms with E-state index < -0.39 is 11.4 Å². The van der Waals surface area contributed by atoms with Gasteiger partial charge in [-0.25, -0.2) is 0 Å². The zero-order chi connectivity index (χ0) is 15.5. The van der Waals surface area contributed by atoms with Gasteiger partial charge in [0.1, 0.15) is 17.9 Å². The van der Waals surface area contributed by atoms with E-state index in [0.29, 0.717) is 5.75 Å². The van der Waals surface area contributed by atoms with E-state index in [1.807, 2.05) is 44.2 Å². The molecule has 0 spiro atoms. The Balaban J connectivity index is 2.22. The molecule has 5 nitrogen and oxygen atoms in total. The molecule has 1 unspecified atom stereocenters. The van der Waals surface area contributed by atoms with Crippen LogP contribution in [-0.4, -0.2) is 29.1 Å². The molecule has 2 aromatic rings. The highest BCUT2D eigenvalue weighted by atomic mass is 16.5. The Hall–Kier alpha value is -2.14. The van der Waals surface area contributed by atoms with Crippen LogP contribution in [0.1, 0.15) is 20.8 Å². The van der Waals surface area contributed by atoms with Gasteiger partial charge in [0.15, 0.2) is 0 Å². The molecule has 1 amide bonds. The highest BCUT2D eigenvalue weighted by Crippen LogP contribution is 2.24. The van der Waals surface area contributed by atoms with E-state index in [2.05, 4.69) is 10.3 Å². The summed E-state index contributed by atoms with van der Waals surface area (Å²) in [4.78, 5) is 16.0. The molecule has 0 radical (unpaired) electrons. The summed E-state index contributed by atoms with van der Waals surface area (Å²) in [5.41, 5.74) is 5.44. The van der Waals surface area contributed by atoms with Gasteiger partial charge < -0.3 is 10.5 Å². The number of ether oxygens (including phenoxy) is 1. The number of pyridine rings is 1. The third-order valence-electron chi connectivity index (χ3n) is 3.27. The number of nitrogens with zero attached hydrogens (tertiary/aromatic N) is 1. The molecule has 0 bridgehead atoms. The van der Waals surface area contributed by atoms with Crippen molar-refractivity contribution in [2.24, 2.45) is 5.73 Å². The number of rotatable bonds is 6. The number of nitrogens with two attached hydrogens (primary N) is 1. The van der Waals surface area contributed by atoms with Crippen LogP contribution < -0.4 is 15.8 Å². The SMILES string of the molecule is CC(C)NC(C)(COc1cccc2ncccc12)C(N)=O. The topological polar surface area (TPSA) is 77.2 Å². The van der Waals surface area contributed by atoms with Crippen molar-refractivity contribution in [1.29, 1.82) is 0 Å². The molecule has 112 valence electrons. The summed E-state index contributed by atoms with van der Waals surface area (Å²) in [6, 6.07) is 9.58. The van der Waals surface area contributed by atoms with Crippen LogP contribution in [0, 0.1) is 0 Å². The Labute approximate surface area is 124 Å². The Bertz CT molecular complexity index is 637. The van der Waals surface area contributed by atoms with E-state index in [9.17, 15) is 4.79 Å². The van der Waals surface area contributed by atoms with Gasteiger partial charge in [-0.2, -0.15) is 0 Å². The number of amides is 1. The van der Waals surface area contributed by atoms with Crippen LogP contribution in [0.4, 0.5) is 0 Å². The minimum Gasteiger partial charge on any atom is -0.490 e. The van der Waals surface area contributed by atoms with Gasteiger partial charge >= 0.3 is 0 Å². The van der Waals surface area contributed by atoms with Crippen LogP contribution in [0.2, 0.25) is 0 Å². The maximum atomic E-state index is 11.7. The molecule has 1 atom stereocenters. The number of aromatic nitrogens is 1. The summed E-state index contributed by atoms with van der Waals surface area (Å²) < 4.78 is 5.84. The smallest absolute Gasteiger partial charge is 0.240 e. The molecule has 3 N–H and O–H groups in total. The third-order valence-corrected chi connectivity index (χ3v) is 3.27. The largest absolute Gasteiger partial charge is 0.490 e. The van der Waals surface area contributed by atoms with Crippen molar-refractivity contribution in [3.63, 3.8) is 0 Å². The normalized spacial score (nSPS) is 14.1. The monoisotopic (exact) mass is 287 g/mol. The molecule has 0 aliphatic heterocycles. The van der Waals surface area contributed by atoms with E-state index in [-0.39, 0.29) is 12.6 Å². The third kappa shape index (κ3) is 3.49. The van der Waals surface area contributed by atoms with Gasteiger partial charge in [0, 0.05) is 17.6 Å². The molecule has 0 saturated carbocycles. The van der Waals surface area contributed by atoms with Crippen LogP contribution in [0.25, 0.3) is 10.9 Å². The summed E-state index contributed by atoms with van der Waals surface area (Å²) in [5, 5.41) is 4.07. The molecule has 1 aromatic heterocycles. The van der Waals surface area contributed by atoms with Gasteiger partial charge in [0.25, 0.3) is 0 Å². The number of fused-ring (bicyclic) bond motifs is 1. The fourth-order valence-corrected chi connectivity index (χ4v) is 2.24. The van der Waals surface area contributed by atoms with E-state index in [1.54, 1.807) is 13.1 Å². The Kier molecular flexibility index (Phi) is 4.43. The average Bonchev–Trinajstić information content (AvgIpc) is 2.44. The molecule has 0 aliphatic rings. The molecule has 2 rings (SSSR count). The lowest BCUT2D eigenvalue weighted by atomic mass is 10.0. The van der Waals surface area contributed by atoms with Crippen LogP contribution in [-0.2, 0) is 4.79 Å².